The number of rotatable bonds is 8. The topological polar surface area (TPSA) is 92.7 Å². The van der Waals surface area contributed by atoms with E-state index in [0.717, 1.165) is 5.56 Å². The first-order chi connectivity index (χ1) is 12.2. The molecule has 6 nitrogen and oxygen atoms in total. The van der Waals surface area contributed by atoms with Gasteiger partial charge in [0.2, 0.25) is 10.0 Å². The maximum absolute atomic E-state index is 12.4. The number of hydrogen-bond donors (Lipinski definition) is 2. The molecular weight excluding hydrogens is 354 g/mol. The van der Waals surface area contributed by atoms with E-state index in [2.05, 4.69) is 4.72 Å². The largest absolute Gasteiger partial charge is 0.480 e. The lowest BCUT2D eigenvalue weighted by atomic mass is 10.1. The van der Waals surface area contributed by atoms with Crippen LogP contribution in [0.2, 0.25) is 0 Å². The molecule has 0 radical (unpaired) electrons. The summed E-state index contributed by atoms with van der Waals surface area (Å²) in [7, 11) is -3.93. The van der Waals surface area contributed by atoms with Gasteiger partial charge in [0.1, 0.15) is 17.5 Å². The van der Waals surface area contributed by atoms with Gasteiger partial charge in [-0.3, -0.25) is 4.79 Å². The van der Waals surface area contributed by atoms with Crippen LogP contribution in [-0.4, -0.2) is 25.5 Å². The maximum Gasteiger partial charge on any atom is 0.321 e. The Hall–Kier alpha value is -2.38. The molecule has 0 saturated carbocycles. The van der Waals surface area contributed by atoms with Crippen LogP contribution in [0.1, 0.15) is 25.8 Å². The number of para-hydroxylation sites is 1. The maximum atomic E-state index is 12.4. The number of ether oxygens (including phenoxy) is 1. The Balaban J connectivity index is 2.15. The van der Waals surface area contributed by atoms with E-state index in [-0.39, 0.29) is 17.2 Å². The quantitative estimate of drug-likeness (QED) is 0.734. The first-order valence-corrected chi connectivity index (χ1v) is 9.76. The van der Waals surface area contributed by atoms with Crippen molar-refractivity contribution in [2.24, 2.45) is 5.92 Å². The van der Waals surface area contributed by atoms with E-state index in [1.165, 1.54) is 12.1 Å². The molecule has 2 aromatic rings. The molecule has 0 unspecified atom stereocenters. The molecular formula is C19H23NO5S. The Morgan fingerprint density at radius 1 is 1.12 bits per heavy atom. The van der Waals surface area contributed by atoms with Crippen LogP contribution in [-0.2, 0) is 14.8 Å². The zero-order valence-corrected chi connectivity index (χ0v) is 15.8. The Labute approximate surface area is 153 Å². The van der Waals surface area contributed by atoms with E-state index < -0.39 is 22.0 Å². The average molecular weight is 377 g/mol. The Kier molecular flexibility index (Phi) is 6.39. The Morgan fingerprint density at radius 2 is 1.73 bits per heavy atom. The van der Waals surface area contributed by atoms with Crippen LogP contribution in [0, 0.1) is 12.8 Å². The summed E-state index contributed by atoms with van der Waals surface area (Å²) < 4.78 is 32.9. The van der Waals surface area contributed by atoms with Gasteiger partial charge in [0.15, 0.2) is 0 Å². The second-order valence-corrected chi connectivity index (χ2v) is 8.19. The van der Waals surface area contributed by atoms with Crippen LogP contribution < -0.4 is 9.46 Å². The molecule has 0 aliphatic rings. The van der Waals surface area contributed by atoms with E-state index in [9.17, 15) is 18.3 Å². The first kappa shape index (κ1) is 19.9. The molecule has 140 valence electrons. The predicted molar refractivity (Wildman–Crippen MR) is 98.9 cm³/mol. The minimum Gasteiger partial charge on any atom is -0.480 e. The first-order valence-electron chi connectivity index (χ1n) is 8.27. The Morgan fingerprint density at radius 3 is 2.27 bits per heavy atom. The third-order valence-corrected chi connectivity index (χ3v) is 5.25. The van der Waals surface area contributed by atoms with E-state index in [0.29, 0.717) is 11.5 Å². The minimum absolute atomic E-state index is 0.00959. The van der Waals surface area contributed by atoms with Crippen molar-refractivity contribution in [3.8, 4) is 11.5 Å². The molecule has 0 saturated heterocycles. The van der Waals surface area contributed by atoms with Crippen molar-refractivity contribution in [3.05, 3.63) is 54.1 Å². The van der Waals surface area contributed by atoms with Crippen LogP contribution in [0.4, 0.5) is 0 Å². The number of nitrogens with one attached hydrogen (secondary N) is 1. The van der Waals surface area contributed by atoms with Crippen LogP contribution in [0.5, 0.6) is 11.5 Å². The molecule has 0 aliphatic heterocycles. The number of carbonyl (C=O) groups is 1. The van der Waals surface area contributed by atoms with Crippen LogP contribution in [0.25, 0.3) is 0 Å². The molecule has 0 aliphatic carbocycles. The van der Waals surface area contributed by atoms with Crippen molar-refractivity contribution in [2.75, 3.05) is 0 Å². The van der Waals surface area contributed by atoms with Crippen molar-refractivity contribution >= 4 is 16.0 Å². The van der Waals surface area contributed by atoms with E-state index in [1.54, 1.807) is 12.1 Å². The summed E-state index contributed by atoms with van der Waals surface area (Å²) in [5.41, 5.74) is 0.962. The van der Waals surface area contributed by atoms with Gasteiger partial charge in [0.05, 0.1) is 4.90 Å². The second kappa shape index (κ2) is 8.33. The molecule has 0 amide bonds. The average Bonchev–Trinajstić information content (AvgIpc) is 2.56. The minimum atomic E-state index is -3.93. The molecule has 2 aromatic carbocycles. The van der Waals surface area contributed by atoms with Gasteiger partial charge in [-0.25, -0.2) is 8.42 Å². The smallest absolute Gasteiger partial charge is 0.321 e. The molecule has 0 spiro atoms. The zero-order chi connectivity index (χ0) is 19.3. The summed E-state index contributed by atoms with van der Waals surface area (Å²) in [6, 6.07) is 12.2. The molecule has 0 aromatic heterocycles. The van der Waals surface area contributed by atoms with Gasteiger partial charge in [0.25, 0.3) is 0 Å². The van der Waals surface area contributed by atoms with Crippen LogP contribution >= 0.6 is 0 Å². The highest BCUT2D eigenvalue weighted by molar-refractivity contribution is 7.89. The molecule has 7 heteroatoms. The summed E-state index contributed by atoms with van der Waals surface area (Å²) in [5.74, 6) is 0.0322. The van der Waals surface area contributed by atoms with Crippen molar-refractivity contribution in [1.29, 1.82) is 0 Å². The fourth-order valence-electron chi connectivity index (χ4n) is 2.41. The van der Waals surface area contributed by atoms with Gasteiger partial charge in [-0.05, 0) is 55.2 Å². The molecule has 0 heterocycles. The third-order valence-electron chi connectivity index (χ3n) is 3.76. The number of hydrogen-bond acceptors (Lipinski definition) is 4. The highest BCUT2D eigenvalue weighted by Gasteiger charge is 2.26. The predicted octanol–water partition coefficient (Wildman–Crippen LogP) is 3.56. The van der Waals surface area contributed by atoms with Gasteiger partial charge in [-0.1, -0.05) is 32.0 Å². The van der Waals surface area contributed by atoms with Crippen LogP contribution in [0.15, 0.2) is 53.4 Å². The number of aryl methyl sites for hydroxylation is 1. The second-order valence-electron chi connectivity index (χ2n) is 6.48. The zero-order valence-electron chi connectivity index (χ0n) is 15.0. The number of benzene rings is 2. The lowest BCUT2D eigenvalue weighted by molar-refractivity contribution is -0.139. The Bertz CT molecular complexity index is 860. The number of carboxylic acids is 1. The van der Waals surface area contributed by atoms with Crippen molar-refractivity contribution in [2.45, 2.75) is 38.1 Å². The molecule has 2 rings (SSSR count). The number of sulfonamides is 1. The van der Waals surface area contributed by atoms with Crippen LogP contribution in [0.3, 0.4) is 0 Å². The molecule has 1 atom stereocenters. The number of aliphatic carboxylic acids is 1. The fourth-order valence-corrected chi connectivity index (χ4v) is 3.61. The van der Waals surface area contributed by atoms with Crippen molar-refractivity contribution in [3.63, 3.8) is 0 Å². The summed E-state index contributed by atoms with van der Waals surface area (Å²) in [4.78, 5) is 11.3. The van der Waals surface area contributed by atoms with E-state index >= 15 is 0 Å². The fraction of sp³-hybridized carbons (Fsp3) is 0.316. The highest BCUT2D eigenvalue weighted by atomic mass is 32.2. The van der Waals surface area contributed by atoms with Gasteiger partial charge in [-0.15, -0.1) is 0 Å². The summed E-state index contributed by atoms with van der Waals surface area (Å²) in [5, 5.41) is 9.22. The monoisotopic (exact) mass is 377 g/mol. The third kappa shape index (κ3) is 5.31. The number of carboxylic acid groups (broad SMARTS) is 1. The van der Waals surface area contributed by atoms with Gasteiger partial charge >= 0.3 is 5.97 Å². The van der Waals surface area contributed by atoms with Gasteiger partial charge in [0, 0.05) is 0 Å². The summed E-state index contributed by atoms with van der Waals surface area (Å²) in [6.07, 6.45) is 0.211. The highest BCUT2D eigenvalue weighted by Crippen LogP contribution is 2.25. The standard InChI is InChI=1S/C19H23NO5S/c1-13(2)12-17(19(21)22)20-26(23,24)16-10-8-15(9-11-16)25-18-7-5-4-6-14(18)3/h4-11,13,17,20H,12H2,1-3H3,(H,21,22)/t17-/m1/s1. The molecule has 0 fully saturated rings. The van der Waals surface area contributed by atoms with Gasteiger partial charge in [-0.2, -0.15) is 4.72 Å². The van der Waals surface area contributed by atoms with Crippen molar-refractivity contribution < 1.29 is 23.1 Å². The lowest BCUT2D eigenvalue weighted by Gasteiger charge is -2.17. The SMILES string of the molecule is Cc1ccccc1Oc1ccc(S(=O)(=O)N[C@H](CC(C)C)C(=O)O)cc1. The molecule has 26 heavy (non-hydrogen) atoms. The van der Waals surface area contributed by atoms with E-state index in [1.807, 2.05) is 45.0 Å². The normalized spacial score (nSPS) is 12.8. The molecule has 0 bridgehead atoms. The van der Waals surface area contributed by atoms with Crippen molar-refractivity contribution in [1.82, 2.24) is 4.72 Å². The lowest BCUT2D eigenvalue weighted by Crippen LogP contribution is -2.41. The summed E-state index contributed by atoms with van der Waals surface area (Å²) in [6.45, 7) is 5.59. The molecule has 2 N–H and O–H groups in total. The summed E-state index contributed by atoms with van der Waals surface area (Å²) >= 11 is 0. The van der Waals surface area contributed by atoms with E-state index in [4.69, 9.17) is 4.74 Å². The van der Waals surface area contributed by atoms with Gasteiger partial charge < -0.3 is 9.84 Å².